The van der Waals surface area contributed by atoms with E-state index in [9.17, 15) is 9.59 Å². The maximum atomic E-state index is 12.5. The Morgan fingerprint density at radius 2 is 1.66 bits per heavy atom. The molecule has 146 valence electrons. The Bertz CT molecular complexity index is 1030. The molecule has 0 atom stereocenters. The van der Waals surface area contributed by atoms with E-state index < -0.39 is 0 Å². The number of anilines is 2. The summed E-state index contributed by atoms with van der Waals surface area (Å²) in [5.74, 6) is 0.0123. The lowest BCUT2D eigenvalue weighted by molar-refractivity contribution is -0.117. The topological polar surface area (TPSA) is 49.4 Å². The predicted octanol–water partition coefficient (Wildman–Crippen LogP) is 4.83. The smallest absolute Gasteiger partial charge is 0.228 e. The number of fused-ring (bicyclic) bond motifs is 1. The van der Waals surface area contributed by atoms with Crippen LogP contribution >= 0.6 is 0 Å². The quantitative estimate of drug-likeness (QED) is 0.700. The summed E-state index contributed by atoms with van der Waals surface area (Å²) in [6, 6.07) is 24.1. The zero-order valence-corrected chi connectivity index (χ0v) is 16.5. The van der Waals surface area contributed by atoms with Gasteiger partial charge in [-0.25, -0.2) is 0 Å². The highest BCUT2D eigenvalue weighted by molar-refractivity contribution is 5.95. The molecule has 0 radical (unpaired) electrons. The van der Waals surface area contributed by atoms with Crippen LogP contribution in [0.25, 0.3) is 11.1 Å². The van der Waals surface area contributed by atoms with E-state index in [1.165, 1.54) is 0 Å². The Hall–Kier alpha value is -3.40. The van der Waals surface area contributed by atoms with Crippen molar-refractivity contribution in [1.29, 1.82) is 0 Å². The van der Waals surface area contributed by atoms with E-state index in [0.717, 1.165) is 53.0 Å². The van der Waals surface area contributed by atoms with Gasteiger partial charge in [0.05, 0.1) is 6.42 Å². The molecular weight excluding hydrogens is 360 g/mol. The summed E-state index contributed by atoms with van der Waals surface area (Å²) in [4.78, 5) is 26.1. The first-order valence-electron chi connectivity index (χ1n) is 9.95. The van der Waals surface area contributed by atoms with Gasteiger partial charge in [-0.05, 0) is 53.3 Å². The van der Waals surface area contributed by atoms with Gasteiger partial charge >= 0.3 is 0 Å². The van der Waals surface area contributed by atoms with E-state index in [0.29, 0.717) is 6.42 Å². The van der Waals surface area contributed by atoms with E-state index >= 15 is 0 Å². The van der Waals surface area contributed by atoms with Crippen molar-refractivity contribution in [3.05, 3.63) is 83.9 Å². The van der Waals surface area contributed by atoms with Crippen LogP contribution in [0.4, 0.5) is 11.4 Å². The van der Waals surface area contributed by atoms with Crippen molar-refractivity contribution in [1.82, 2.24) is 0 Å². The number of rotatable bonds is 4. The van der Waals surface area contributed by atoms with Crippen LogP contribution in [0.5, 0.6) is 0 Å². The summed E-state index contributed by atoms with van der Waals surface area (Å²) in [6.45, 7) is 2.35. The zero-order chi connectivity index (χ0) is 20.2. The molecule has 0 bridgehead atoms. The lowest BCUT2D eigenvalue weighted by Crippen LogP contribution is -2.33. The molecule has 29 heavy (non-hydrogen) atoms. The number of benzene rings is 3. The predicted molar refractivity (Wildman–Crippen MR) is 117 cm³/mol. The summed E-state index contributed by atoms with van der Waals surface area (Å²) in [7, 11) is 0. The van der Waals surface area contributed by atoms with Crippen molar-refractivity contribution in [2.45, 2.75) is 26.2 Å². The van der Waals surface area contributed by atoms with Crippen molar-refractivity contribution in [2.24, 2.45) is 0 Å². The van der Waals surface area contributed by atoms with Crippen LogP contribution in [-0.2, 0) is 22.4 Å². The zero-order valence-electron chi connectivity index (χ0n) is 16.5. The number of nitrogens with one attached hydrogen (secondary N) is 1. The second kappa shape index (κ2) is 8.31. The van der Waals surface area contributed by atoms with Crippen LogP contribution in [0.3, 0.4) is 0 Å². The number of hydrogen-bond donors (Lipinski definition) is 1. The van der Waals surface area contributed by atoms with Gasteiger partial charge in [-0.1, -0.05) is 54.6 Å². The average Bonchev–Trinajstić information content (AvgIpc) is 2.74. The third-order valence-electron chi connectivity index (χ3n) is 5.29. The Kier molecular flexibility index (Phi) is 5.43. The van der Waals surface area contributed by atoms with Gasteiger partial charge in [0.15, 0.2) is 0 Å². The number of aryl methyl sites for hydroxylation is 1. The number of nitrogens with zero attached hydrogens (tertiary/aromatic N) is 1. The molecule has 0 aliphatic carbocycles. The molecule has 1 heterocycles. The maximum absolute atomic E-state index is 12.5. The Morgan fingerprint density at radius 3 is 2.38 bits per heavy atom. The fourth-order valence-electron chi connectivity index (χ4n) is 3.84. The Morgan fingerprint density at radius 1 is 0.931 bits per heavy atom. The van der Waals surface area contributed by atoms with Gasteiger partial charge in [-0.15, -0.1) is 0 Å². The largest absolute Gasteiger partial charge is 0.326 e. The monoisotopic (exact) mass is 384 g/mol. The number of carbonyl (C=O) groups excluding carboxylic acids is 2. The first kappa shape index (κ1) is 18.9. The molecule has 1 aliphatic rings. The molecule has 0 spiro atoms. The molecule has 0 aromatic heterocycles. The van der Waals surface area contributed by atoms with E-state index in [-0.39, 0.29) is 11.8 Å². The molecule has 0 unspecified atom stereocenters. The van der Waals surface area contributed by atoms with Crippen LogP contribution in [0.1, 0.15) is 24.5 Å². The summed E-state index contributed by atoms with van der Waals surface area (Å²) in [5.41, 5.74) is 6.12. The van der Waals surface area contributed by atoms with Crippen LogP contribution in [0, 0.1) is 0 Å². The molecule has 1 aliphatic heterocycles. The molecular formula is C25H24N2O2. The van der Waals surface area contributed by atoms with Gasteiger partial charge < -0.3 is 10.2 Å². The first-order chi connectivity index (χ1) is 14.1. The van der Waals surface area contributed by atoms with E-state index in [4.69, 9.17) is 0 Å². The number of hydrogen-bond acceptors (Lipinski definition) is 2. The molecule has 1 N–H and O–H groups in total. The maximum Gasteiger partial charge on any atom is 0.228 e. The van der Waals surface area contributed by atoms with Gasteiger partial charge in [-0.2, -0.15) is 0 Å². The van der Waals surface area contributed by atoms with Gasteiger partial charge in [0.25, 0.3) is 0 Å². The van der Waals surface area contributed by atoms with Crippen LogP contribution in [0.2, 0.25) is 0 Å². The van der Waals surface area contributed by atoms with Crippen molar-refractivity contribution in [2.75, 3.05) is 16.8 Å². The second-order valence-corrected chi connectivity index (χ2v) is 7.41. The SMILES string of the molecule is CC(=O)N1CCCc2cc(NC(=O)Cc3ccc(-c4ccccc4)cc3)ccc21. The van der Waals surface area contributed by atoms with Crippen molar-refractivity contribution >= 4 is 23.2 Å². The third-order valence-corrected chi connectivity index (χ3v) is 5.29. The first-order valence-corrected chi connectivity index (χ1v) is 9.95. The molecule has 0 saturated carbocycles. The minimum atomic E-state index is -0.0448. The highest BCUT2D eigenvalue weighted by atomic mass is 16.2. The van der Waals surface area contributed by atoms with Crippen molar-refractivity contribution in [3.63, 3.8) is 0 Å². The molecule has 0 fully saturated rings. The van der Waals surface area contributed by atoms with Crippen LogP contribution in [0.15, 0.2) is 72.8 Å². The summed E-state index contributed by atoms with van der Waals surface area (Å²) in [6.07, 6.45) is 2.19. The van der Waals surface area contributed by atoms with Crippen molar-refractivity contribution in [3.8, 4) is 11.1 Å². The third kappa shape index (κ3) is 4.37. The van der Waals surface area contributed by atoms with Gasteiger partial charge in [0, 0.05) is 24.8 Å². The van der Waals surface area contributed by atoms with Crippen LogP contribution in [-0.4, -0.2) is 18.4 Å². The second-order valence-electron chi connectivity index (χ2n) is 7.41. The molecule has 2 amide bonds. The van der Waals surface area contributed by atoms with E-state index in [1.807, 2.05) is 60.7 Å². The minimum absolute atomic E-state index is 0.0448. The lowest BCUT2D eigenvalue weighted by atomic mass is 10.0. The summed E-state index contributed by atoms with van der Waals surface area (Å²) >= 11 is 0. The van der Waals surface area contributed by atoms with E-state index in [1.54, 1.807) is 11.8 Å². The van der Waals surface area contributed by atoms with Crippen molar-refractivity contribution < 1.29 is 9.59 Å². The molecule has 4 nitrogen and oxygen atoms in total. The lowest BCUT2D eigenvalue weighted by Gasteiger charge is -2.29. The molecule has 0 saturated heterocycles. The normalized spacial score (nSPS) is 12.9. The minimum Gasteiger partial charge on any atom is -0.326 e. The summed E-state index contributed by atoms with van der Waals surface area (Å²) in [5, 5.41) is 2.99. The number of carbonyl (C=O) groups is 2. The standard InChI is InChI=1S/C25H24N2O2/c1-18(28)27-15-5-8-22-17-23(13-14-24(22)27)26-25(29)16-19-9-11-21(12-10-19)20-6-3-2-4-7-20/h2-4,6-7,9-14,17H,5,8,15-16H2,1H3,(H,26,29). The fraction of sp³-hybridized carbons (Fsp3) is 0.200. The van der Waals surface area contributed by atoms with E-state index in [2.05, 4.69) is 17.4 Å². The van der Waals surface area contributed by atoms with Gasteiger partial charge in [0.2, 0.25) is 11.8 Å². The Balaban J connectivity index is 1.42. The highest BCUT2D eigenvalue weighted by Gasteiger charge is 2.20. The average molecular weight is 384 g/mol. The molecule has 3 aromatic carbocycles. The molecule has 4 rings (SSSR count). The number of amides is 2. The summed E-state index contributed by atoms with van der Waals surface area (Å²) < 4.78 is 0. The fourth-order valence-corrected chi connectivity index (χ4v) is 3.84. The highest BCUT2D eigenvalue weighted by Crippen LogP contribution is 2.30. The van der Waals surface area contributed by atoms with Crippen LogP contribution < -0.4 is 10.2 Å². The van der Waals surface area contributed by atoms with Gasteiger partial charge in [-0.3, -0.25) is 9.59 Å². The molecule has 4 heteroatoms. The van der Waals surface area contributed by atoms with Gasteiger partial charge in [0.1, 0.15) is 0 Å². The molecule has 3 aromatic rings. The Labute approximate surface area is 171 Å².